The van der Waals surface area contributed by atoms with Gasteiger partial charge in [-0.2, -0.15) is 0 Å². The van der Waals surface area contributed by atoms with Crippen molar-refractivity contribution < 1.29 is 9.90 Å². The smallest absolute Gasteiger partial charge is 0.265 e. The highest BCUT2D eigenvalue weighted by Crippen LogP contribution is 2.29. The summed E-state index contributed by atoms with van der Waals surface area (Å²) in [5.74, 6) is -0.641. The van der Waals surface area contributed by atoms with Crippen LogP contribution in [0.2, 0.25) is 0 Å². The number of rotatable bonds is 7. The predicted molar refractivity (Wildman–Crippen MR) is 118 cm³/mol. The third kappa shape index (κ3) is 3.90. The van der Waals surface area contributed by atoms with Crippen LogP contribution >= 0.6 is 11.3 Å². The molecular weight excluding hydrogens is 398 g/mol. The SMILES string of the molecule is Cn1c(=O)c(C(=O)CC(NCc2ccncc2)c2cccs2)c(O)c2ccccc21. The van der Waals surface area contributed by atoms with Crippen molar-refractivity contribution in [2.24, 2.45) is 7.05 Å². The van der Waals surface area contributed by atoms with E-state index in [4.69, 9.17) is 0 Å². The molecule has 0 radical (unpaired) electrons. The highest BCUT2D eigenvalue weighted by molar-refractivity contribution is 7.10. The van der Waals surface area contributed by atoms with Gasteiger partial charge in [0.15, 0.2) is 5.78 Å². The molecule has 3 heterocycles. The van der Waals surface area contributed by atoms with Gasteiger partial charge in [-0.25, -0.2) is 0 Å². The van der Waals surface area contributed by atoms with E-state index in [1.807, 2.05) is 29.6 Å². The van der Waals surface area contributed by atoms with E-state index in [2.05, 4.69) is 10.3 Å². The molecular formula is C23H21N3O3S. The van der Waals surface area contributed by atoms with Crippen molar-refractivity contribution in [3.63, 3.8) is 0 Å². The Kier molecular flexibility index (Phi) is 5.74. The maximum Gasteiger partial charge on any atom is 0.265 e. The number of fused-ring (bicyclic) bond motifs is 1. The number of hydrogen-bond donors (Lipinski definition) is 2. The van der Waals surface area contributed by atoms with E-state index < -0.39 is 5.56 Å². The van der Waals surface area contributed by atoms with E-state index in [0.29, 0.717) is 17.4 Å². The Morgan fingerprint density at radius 2 is 1.93 bits per heavy atom. The number of aromatic nitrogens is 2. The monoisotopic (exact) mass is 419 g/mol. The van der Waals surface area contributed by atoms with Crippen LogP contribution < -0.4 is 10.9 Å². The quantitative estimate of drug-likeness (QED) is 0.445. The van der Waals surface area contributed by atoms with Crippen molar-refractivity contribution in [3.8, 4) is 5.75 Å². The zero-order chi connectivity index (χ0) is 21.1. The van der Waals surface area contributed by atoms with Gasteiger partial charge in [0.1, 0.15) is 11.3 Å². The molecule has 30 heavy (non-hydrogen) atoms. The second kappa shape index (κ2) is 8.61. The van der Waals surface area contributed by atoms with Crippen LogP contribution in [0.4, 0.5) is 0 Å². The molecule has 0 bridgehead atoms. The van der Waals surface area contributed by atoms with E-state index in [9.17, 15) is 14.7 Å². The molecule has 152 valence electrons. The number of benzene rings is 1. The van der Waals surface area contributed by atoms with E-state index in [-0.39, 0.29) is 29.6 Å². The summed E-state index contributed by atoms with van der Waals surface area (Å²) >= 11 is 1.54. The molecule has 0 amide bonds. The minimum atomic E-state index is -0.490. The Morgan fingerprint density at radius 3 is 2.67 bits per heavy atom. The summed E-state index contributed by atoms with van der Waals surface area (Å²) in [7, 11) is 1.61. The van der Waals surface area contributed by atoms with Crippen molar-refractivity contribution in [2.75, 3.05) is 0 Å². The third-order valence-corrected chi connectivity index (χ3v) is 6.12. The largest absolute Gasteiger partial charge is 0.506 e. The summed E-state index contributed by atoms with van der Waals surface area (Å²) in [6.07, 6.45) is 3.50. The normalized spacial score (nSPS) is 12.2. The Bertz CT molecular complexity index is 1230. The molecule has 4 aromatic rings. The van der Waals surface area contributed by atoms with Crippen molar-refractivity contribution in [3.05, 3.63) is 92.7 Å². The number of aryl methyl sites for hydroxylation is 1. The Hall–Kier alpha value is -3.29. The Labute approximate surface area is 177 Å². The lowest BCUT2D eigenvalue weighted by Gasteiger charge is -2.18. The fraction of sp³-hybridized carbons (Fsp3) is 0.174. The molecule has 2 N–H and O–H groups in total. The number of nitrogens with zero attached hydrogens (tertiary/aromatic N) is 2. The van der Waals surface area contributed by atoms with Gasteiger partial charge in [0.25, 0.3) is 5.56 Å². The first kappa shape index (κ1) is 20.0. The fourth-order valence-electron chi connectivity index (χ4n) is 3.52. The standard InChI is InChI=1S/C23H21N3O3S/c1-26-18-6-3-2-5-16(18)22(28)21(23(26)29)19(27)13-17(20-7-4-12-30-20)25-14-15-8-10-24-11-9-15/h2-12,17,25,28H,13-14H2,1H3. The first-order valence-corrected chi connectivity index (χ1v) is 10.4. The van der Waals surface area contributed by atoms with Crippen LogP contribution in [0.25, 0.3) is 10.9 Å². The molecule has 0 saturated heterocycles. The summed E-state index contributed by atoms with van der Waals surface area (Å²) in [6.45, 7) is 0.556. The summed E-state index contributed by atoms with van der Waals surface area (Å²) in [5, 5.41) is 16.6. The van der Waals surface area contributed by atoms with Gasteiger partial charge < -0.3 is 15.0 Å². The lowest BCUT2D eigenvalue weighted by molar-refractivity contribution is 0.0964. The van der Waals surface area contributed by atoms with Crippen LogP contribution in [0, 0.1) is 0 Å². The third-order valence-electron chi connectivity index (χ3n) is 5.13. The average molecular weight is 420 g/mol. The molecule has 1 atom stereocenters. The number of thiophene rings is 1. The molecule has 0 saturated carbocycles. The molecule has 0 fully saturated rings. The number of nitrogens with one attached hydrogen (secondary N) is 1. The fourth-order valence-corrected chi connectivity index (χ4v) is 4.33. The highest BCUT2D eigenvalue weighted by Gasteiger charge is 2.25. The molecule has 0 aliphatic carbocycles. The first-order chi connectivity index (χ1) is 14.6. The van der Waals surface area contributed by atoms with Gasteiger partial charge in [-0.15, -0.1) is 11.3 Å². The minimum absolute atomic E-state index is 0.0622. The highest BCUT2D eigenvalue weighted by atomic mass is 32.1. The topological polar surface area (TPSA) is 84.2 Å². The van der Waals surface area contributed by atoms with E-state index in [1.54, 1.807) is 55.0 Å². The van der Waals surface area contributed by atoms with Gasteiger partial charge in [-0.1, -0.05) is 18.2 Å². The number of aromatic hydroxyl groups is 1. The van der Waals surface area contributed by atoms with Crippen LogP contribution in [-0.2, 0) is 13.6 Å². The Morgan fingerprint density at radius 1 is 1.17 bits per heavy atom. The molecule has 3 aromatic heterocycles. The van der Waals surface area contributed by atoms with Gasteiger partial charge in [0.2, 0.25) is 0 Å². The summed E-state index contributed by atoms with van der Waals surface area (Å²) in [5.41, 5.74) is 0.976. The molecule has 0 aliphatic heterocycles. The van der Waals surface area contributed by atoms with E-state index in [0.717, 1.165) is 10.4 Å². The number of para-hydroxylation sites is 1. The predicted octanol–water partition coefficient (Wildman–Crippen LogP) is 3.80. The summed E-state index contributed by atoms with van der Waals surface area (Å²) < 4.78 is 1.41. The molecule has 0 aliphatic rings. The summed E-state index contributed by atoms with van der Waals surface area (Å²) in [4.78, 5) is 31.0. The molecule has 1 unspecified atom stereocenters. The van der Waals surface area contributed by atoms with Crippen LogP contribution in [0.15, 0.2) is 71.1 Å². The van der Waals surface area contributed by atoms with Crippen molar-refractivity contribution in [1.29, 1.82) is 0 Å². The average Bonchev–Trinajstić information content (AvgIpc) is 3.31. The van der Waals surface area contributed by atoms with Crippen LogP contribution in [0.1, 0.15) is 33.3 Å². The molecule has 1 aromatic carbocycles. The van der Waals surface area contributed by atoms with E-state index >= 15 is 0 Å². The van der Waals surface area contributed by atoms with Crippen molar-refractivity contribution in [1.82, 2.24) is 14.9 Å². The molecule has 0 spiro atoms. The van der Waals surface area contributed by atoms with Gasteiger partial charge in [-0.3, -0.25) is 14.6 Å². The zero-order valence-electron chi connectivity index (χ0n) is 16.4. The molecule has 4 rings (SSSR count). The zero-order valence-corrected chi connectivity index (χ0v) is 17.2. The number of pyridine rings is 2. The second-order valence-electron chi connectivity index (χ2n) is 7.04. The lowest BCUT2D eigenvalue weighted by Crippen LogP contribution is -2.28. The molecule has 7 heteroatoms. The number of ketones is 1. The number of carbonyl (C=O) groups excluding carboxylic acids is 1. The minimum Gasteiger partial charge on any atom is -0.506 e. The maximum absolute atomic E-state index is 13.2. The van der Waals surface area contributed by atoms with Gasteiger partial charge in [-0.05, 0) is 41.3 Å². The van der Waals surface area contributed by atoms with Crippen LogP contribution in [0.3, 0.4) is 0 Å². The van der Waals surface area contributed by atoms with Crippen molar-refractivity contribution in [2.45, 2.75) is 19.0 Å². The van der Waals surface area contributed by atoms with Crippen molar-refractivity contribution >= 4 is 28.0 Å². The van der Waals surface area contributed by atoms with Crippen LogP contribution in [0.5, 0.6) is 5.75 Å². The maximum atomic E-state index is 13.2. The lowest BCUT2D eigenvalue weighted by atomic mass is 10.0. The number of carbonyl (C=O) groups is 1. The first-order valence-electron chi connectivity index (χ1n) is 9.56. The van der Waals surface area contributed by atoms with E-state index in [1.165, 1.54) is 4.57 Å². The van der Waals surface area contributed by atoms with Crippen LogP contribution in [-0.4, -0.2) is 20.4 Å². The second-order valence-corrected chi connectivity index (χ2v) is 8.02. The van der Waals surface area contributed by atoms with Gasteiger partial charge in [0.05, 0.1) is 5.52 Å². The summed E-state index contributed by atoms with van der Waals surface area (Å²) in [6, 6.07) is 14.4. The van der Waals surface area contributed by atoms with Gasteiger partial charge in [0, 0.05) is 48.7 Å². The molecule has 6 nitrogen and oxygen atoms in total. The Balaban J connectivity index is 1.65. The number of Topliss-reactive ketones (excluding diaryl/α,β-unsaturated/α-hetero) is 1. The van der Waals surface area contributed by atoms with Gasteiger partial charge >= 0.3 is 0 Å². The number of hydrogen-bond acceptors (Lipinski definition) is 6.